The Labute approximate surface area is 158 Å². The van der Waals surface area contributed by atoms with Crippen LogP contribution in [0.1, 0.15) is 6.92 Å². The second kappa shape index (κ2) is 8.06. The van der Waals surface area contributed by atoms with Crippen molar-refractivity contribution in [1.29, 1.82) is 0 Å². The predicted octanol–water partition coefficient (Wildman–Crippen LogP) is 2.13. The van der Waals surface area contributed by atoms with Crippen LogP contribution in [-0.4, -0.2) is 55.8 Å². The molecule has 0 N–H and O–H groups in total. The first-order chi connectivity index (χ1) is 12.9. The van der Waals surface area contributed by atoms with Gasteiger partial charge >= 0.3 is 0 Å². The van der Waals surface area contributed by atoms with Crippen molar-refractivity contribution >= 4 is 15.9 Å². The largest absolute Gasteiger partial charge is 0.481 e. The lowest BCUT2D eigenvalue weighted by Gasteiger charge is -2.35. The Morgan fingerprint density at radius 1 is 1.00 bits per heavy atom. The van der Waals surface area contributed by atoms with E-state index in [9.17, 15) is 17.6 Å². The molecule has 0 saturated carbocycles. The summed E-state index contributed by atoms with van der Waals surface area (Å²) in [6.07, 6.45) is -0.743. The number of amides is 1. The molecule has 1 aliphatic heterocycles. The van der Waals surface area contributed by atoms with Gasteiger partial charge in [-0.15, -0.1) is 0 Å². The summed E-state index contributed by atoms with van der Waals surface area (Å²) < 4.78 is 45.2. The Kier molecular flexibility index (Phi) is 5.76. The van der Waals surface area contributed by atoms with Gasteiger partial charge in [-0.3, -0.25) is 4.79 Å². The highest BCUT2D eigenvalue weighted by Crippen LogP contribution is 2.18. The smallest absolute Gasteiger partial charge is 0.263 e. The van der Waals surface area contributed by atoms with Crippen molar-refractivity contribution in [3.63, 3.8) is 0 Å². The standard InChI is InChI=1S/C19H21FN2O4S/c1-15(26-17-9-7-16(20)8-10-17)19(23)21-11-13-22(14-12-21)27(24,25)18-5-3-2-4-6-18/h2-10,15H,11-14H2,1H3/t15-/m1/s1. The molecule has 144 valence electrons. The molecule has 0 radical (unpaired) electrons. The van der Waals surface area contributed by atoms with Gasteiger partial charge in [-0.05, 0) is 43.3 Å². The fourth-order valence-electron chi connectivity index (χ4n) is 2.92. The number of piperazine rings is 1. The van der Waals surface area contributed by atoms with Crippen molar-refractivity contribution < 1.29 is 22.3 Å². The lowest BCUT2D eigenvalue weighted by molar-refractivity contribution is -0.139. The zero-order valence-electron chi connectivity index (χ0n) is 14.9. The van der Waals surface area contributed by atoms with Crippen molar-refractivity contribution in [1.82, 2.24) is 9.21 Å². The van der Waals surface area contributed by atoms with E-state index >= 15 is 0 Å². The molecule has 1 fully saturated rings. The van der Waals surface area contributed by atoms with E-state index in [0.717, 1.165) is 0 Å². The third-order valence-corrected chi connectivity index (χ3v) is 6.32. The van der Waals surface area contributed by atoms with Crippen molar-refractivity contribution in [2.24, 2.45) is 0 Å². The molecule has 1 heterocycles. The Hall–Kier alpha value is -2.45. The first-order valence-corrected chi connectivity index (χ1v) is 10.1. The van der Waals surface area contributed by atoms with Crippen molar-refractivity contribution in [2.75, 3.05) is 26.2 Å². The molecule has 0 aromatic heterocycles. The lowest BCUT2D eigenvalue weighted by Crippen LogP contribution is -2.53. The monoisotopic (exact) mass is 392 g/mol. The highest BCUT2D eigenvalue weighted by molar-refractivity contribution is 7.89. The van der Waals surface area contributed by atoms with Crippen LogP contribution in [0.3, 0.4) is 0 Å². The van der Waals surface area contributed by atoms with Crippen LogP contribution in [0.4, 0.5) is 4.39 Å². The topological polar surface area (TPSA) is 66.9 Å². The number of hydrogen-bond acceptors (Lipinski definition) is 4. The van der Waals surface area contributed by atoms with Crippen molar-refractivity contribution in [3.05, 3.63) is 60.4 Å². The summed E-state index contributed by atoms with van der Waals surface area (Å²) in [6.45, 7) is 2.67. The van der Waals surface area contributed by atoms with Crippen LogP contribution in [0.15, 0.2) is 59.5 Å². The number of ether oxygens (including phenoxy) is 1. The van der Waals surface area contributed by atoms with E-state index in [-0.39, 0.29) is 29.7 Å². The molecule has 1 saturated heterocycles. The number of carbonyl (C=O) groups is 1. The minimum atomic E-state index is -3.56. The summed E-state index contributed by atoms with van der Waals surface area (Å²) in [5.41, 5.74) is 0. The molecule has 0 bridgehead atoms. The summed E-state index contributed by atoms with van der Waals surface area (Å²) in [5.74, 6) is -0.198. The fraction of sp³-hybridized carbons (Fsp3) is 0.316. The molecule has 2 aromatic carbocycles. The highest BCUT2D eigenvalue weighted by Gasteiger charge is 2.31. The molecular formula is C19H21FN2O4S. The number of sulfonamides is 1. The van der Waals surface area contributed by atoms with Crippen LogP contribution in [0.5, 0.6) is 5.75 Å². The first-order valence-electron chi connectivity index (χ1n) is 8.64. The van der Waals surface area contributed by atoms with Crippen LogP contribution >= 0.6 is 0 Å². The van der Waals surface area contributed by atoms with Crippen LogP contribution in [0.25, 0.3) is 0 Å². The molecule has 27 heavy (non-hydrogen) atoms. The number of carbonyl (C=O) groups excluding carboxylic acids is 1. The van der Waals surface area contributed by atoms with Gasteiger partial charge in [0.1, 0.15) is 11.6 Å². The van der Waals surface area contributed by atoms with Gasteiger partial charge in [0.25, 0.3) is 5.91 Å². The van der Waals surface area contributed by atoms with Crippen LogP contribution < -0.4 is 4.74 Å². The summed E-state index contributed by atoms with van der Waals surface area (Å²) in [7, 11) is -3.56. The fourth-order valence-corrected chi connectivity index (χ4v) is 4.36. The summed E-state index contributed by atoms with van der Waals surface area (Å²) in [5, 5.41) is 0. The number of halogens is 1. The van der Waals surface area contributed by atoms with Gasteiger partial charge in [0.05, 0.1) is 4.90 Å². The molecule has 2 aromatic rings. The molecule has 0 unspecified atom stereocenters. The van der Waals surface area contributed by atoms with Crippen molar-refractivity contribution in [2.45, 2.75) is 17.9 Å². The Balaban J connectivity index is 1.58. The molecule has 1 atom stereocenters. The number of rotatable bonds is 5. The van der Waals surface area contributed by atoms with Crippen molar-refractivity contribution in [3.8, 4) is 5.75 Å². The first kappa shape index (κ1) is 19.3. The SMILES string of the molecule is C[C@@H](Oc1ccc(F)cc1)C(=O)N1CCN(S(=O)(=O)c2ccccc2)CC1. The van der Waals surface area contributed by atoms with Gasteiger partial charge in [-0.2, -0.15) is 4.31 Å². The minimum Gasteiger partial charge on any atom is -0.481 e. The maximum absolute atomic E-state index is 12.9. The van der Waals surface area contributed by atoms with Crippen LogP contribution in [-0.2, 0) is 14.8 Å². The third kappa shape index (κ3) is 4.45. The number of hydrogen-bond donors (Lipinski definition) is 0. The van der Waals surface area contributed by atoms with Gasteiger partial charge in [0.2, 0.25) is 10.0 Å². The normalized spacial score (nSPS) is 16.7. The predicted molar refractivity (Wildman–Crippen MR) is 98.3 cm³/mol. The zero-order valence-corrected chi connectivity index (χ0v) is 15.7. The Bertz CT molecular complexity index is 880. The van der Waals surface area contributed by atoms with Gasteiger partial charge in [0, 0.05) is 26.2 Å². The van der Waals surface area contributed by atoms with Gasteiger partial charge in [-0.25, -0.2) is 12.8 Å². The molecule has 0 spiro atoms. The third-order valence-electron chi connectivity index (χ3n) is 4.41. The lowest BCUT2D eigenvalue weighted by atomic mass is 10.2. The van der Waals surface area contributed by atoms with Gasteiger partial charge in [-0.1, -0.05) is 18.2 Å². The Morgan fingerprint density at radius 2 is 1.59 bits per heavy atom. The maximum Gasteiger partial charge on any atom is 0.263 e. The zero-order chi connectivity index (χ0) is 19.4. The van der Waals surface area contributed by atoms with Gasteiger partial charge in [0.15, 0.2) is 6.10 Å². The summed E-state index contributed by atoms with van der Waals surface area (Å²) in [4.78, 5) is 14.4. The number of nitrogens with zero attached hydrogens (tertiary/aromatic N) is 2. The molecular weight excluding hydrogens is 371 g/mol. The molecule has 0 aliphatic carbocycles. The summed E-state index contributed by atoms with van der Waals surface area (Å²) in [6, 6.07) is 13.7. The average Bonchev–Trinajstić information content (AvgIpc) is 2.70. The van der Waals surface area contributed by atoms with E-state index in [1.165, 1.54) is 28.6 Å². The minimum absolute atomic E-state index is 0.226. The molecule has 8 heteroatoms. The second-order valence-corrected chi connectivity index (χ2v) is 8.19. The second-order valence-electron chi connectivity index (χ2n) is 6.26. The maximum atomic E-state index is 12.9. The Morgan fingerprint density at radius 3 is 2.19 bits per heavy atom. The van der Waals surface area contributed by atoms with E-state index in [4.69, 9.17) is 4.74 Å². The molecule has 1 aliphatic rings. The van der Waals surface area contributed by atoms with Crippen LogP contribution in [0, 0.1) is 5.82 Å². The van der Waals surface area contributed by atoms with E-state index < -0.39 is 16.1 Å². The quantitative estimate of drug-likeness (QED) is 0.782. The molecule has 6 nitrogen and oxygen atoms in total. The van der Waals surface area contributed by atoms with E-state index in [1.807, 2.05) is 0 Å². The number of benzene rings is 2. The molecule has 3 rings (SSSR count). The summed E-state index contributed by atoms with van der Waals surface area (Å²) >= 11 is 0. The van der Waals surface area contributed by atoms with Crippen LogP contribution in [0.2, 0.25) is 0 Å². The van der Waals surface area contributed by atoms with E-state index in [2.05, 4.69) is 0 Å². The van der Waals surface area contributed by atoms with E-state index in [1.54, 1.807) is 42.2 Å². The average molecular weight is 392 g/mol. The van der Waals surface area contributed by atoms with E-state index in [0.29, 0.717) is 18.8 Å². The highest BCUT2D eigenvalue weighted by atomic mass is 32.2. The molecule has 1 amide bonds. The van der Waals surface area contributed by atoms with Gasteiger partial charge < -0.3 is 9.64 Å².